The molecule has 1 aliphatic heterocycles. The number of fused-ring (bicyclic) bond motifs is 1. The van der Waals surface area contributed by atoms with Gasteiger partial charge >= 0.3 is 0 Å². The van der Waals surface area contributed by atoms with E-state index in [1.165, 1.54) is 4.90 Å². The molecule has 178 valence electrons. The van der Waals surface area contributed by atoms with Crippen LogP contribution in [-0.2, 0) is 9.59 Å². The van der Waals surface area contributed by atoms with E-state index in [9.17, 15) is 14.7 Å². The number of aryl methyl sites for hydroxylation is 2. The fraction of sp³-hybridized carbons (Fsp3) is 0.320. The number of ketones is 1. The van der Waals surface area contributed by atoms with Crippen LogP contribution in [0.3, 0.4) is 0 Å². The zero-order chi connectivity index (χ0) is 24.7. The molecule has 1 aromatic carbocycles. The first-order valence-electron chi connectivity index (χ1n) is 10.9. The van der Waals surface area contributed by atoms with Crippen molar-refractivity contribution in [2.24, 2.45) is 0 Å². The van der Waals surface area contributed by atoms with E-state index in [1.54, 1.807) is 18.2 Å². The number of carbonyl (C=O) groups excluding carboxylic acids is 2. The average molecular weight is 501 g/mol. The Balaban J connectivity index is 1.89. The van der Waals surface area contributed by atoms with Crippen LogP contribution in [0.15, 0.2) is 42.1 Å². The van der Waals surface area contributed by atoms with Crippen LogP contribution in [-0.4, -0.2) is 63.2 Å². The van der Waals surface area contributed by atoms with Gasteiger partial charge in [-0.05, 0) is 70.2 Å². The molecule has 1 atom stereocenters. The summed E-state index contributed by atoms with van der Waals surface area (Å²) in [5.41, 5.74) is 3.13. The van der Waals surface area contributed by atoms with Crippen molar-refractivity contribution in [2.45, 2.75) is 26.3 Å². The van der Waals surface area contributed by atoms with Gasteiger partial charge in [-0.3, -0.25) is 9.59 Å². The summed E-state index contributed by atoms with van der Waals surface area (Å²) in [7, 11) is 3.89. The zero-order valence-corrected chi connectivity index (χ0v) is 21.0. The van der Waals surface area contributed by atoms with Gasteiger partial charge < -0.3 is 19.3 Å². The molecule has 1 saturated heterocycles. The van der Waals surface area contributed by atoms with Gasteiger partial charge in [-0.25, -0.2) is 4.98 Å². The highest BCUT2D eigenvalue weighted by Gasteiger charge is 2.46. The number of halogens is 2. The summed E-state index contributed by atoms with van der Waals surface area (Å²) in [6.45, 7) is 4.82. The number of hydrogen-bond acceptors (Lipinski definition) is 5. The maximum absolute atomic E-state index is 13.2. The van der Waals surface area contributed by atoms with Crippen molar-refractivity contribution in [3.63, 3.8) is 0 Å². The first-order valence-corrected chi connectivity index (χ1v) is 11.7. The van der Waals surface area contributed by atoms with E-state index in [1.807, 2.05) is 55.6 Å². The first kappa shape index (κ1) is 24.3. The monoisotopic (exact) mass is 500 g/mol. The lowest BCUT2D eigenvalue weighted by Crippen LogP contribution is -2.32. The second kappa shape index (κ2) is 9.41. The number of benzene rings is 1. The van der Waals surface area contributed by atoms with Crippen LogP contribution in [0.5, 0.6) is 0 Å². The molecule has 0 saturated carbocycles. The summed E-state index contributed by atoms with van der Waals surface area (Å²) in [6.07, 6.45) is 2.50. The van der Waals surface area contributed by atoms with Gasteiger partial charge in [-0.1, -0.05) is 35.3 Å². The highest BCUT2D eigenvalue weighted by Crippen LogP contribution is 2.41. The maximum atomic E-state index is 13.2. The number of amides is 1. The van der Waals surface area contributed by atoms with Crippen molar-refractivity contribution in [1.82, 2.24) is 19.2 Å². The zero-order valence-electron chi connectivity index (χ0n) is 19.5. The molecule has 0 radical (unpaired) electrons. The van der Waals surface area contributed by atoms with Crippen molar-refractivity contribution in [1.29, 1.82) is 0 Å². The maximum Gasteiger partial charge on any atom is 0.295 e. The summed E-state index contributed by atoms with van der Waals surface area (Å²) >= 11 is 12.4. The fourth-order valence-corrected chi connectivity index (χ4v) is 4.68. The van der Waals surface area contributed by atoms with Crippen molar-refractivity contribution < 1.29 is 14.7 Å². The summed E-state index contributed by atoms with van der Waals surface area (Å²) in [4.78, 5) is 34.5. The average Bonchev–Trinajstić information content (AvgIpc) is 3.25. The van der Waals surface area contributed by atoms with Gasteiger partial charge in [-0.15, -0.1) is 0 Å². The van der Waals surface area contributed by atoms with Crippen LogP contribution in [0.25, 0.3) is 11.4 Å². The van der Waals surface area contributed by atoms with E-state index in [0.29, 0.717) is 39.9 Å². The third-order valence-electron chi connectivity index (χ3n) is 6.11. The van der Waals surface area contributed by atoms with Gasteiger partial charge in [0, 0.05) is 12.7 Å². The van der Waals surface area contributed by atoms with Crippen molar-refractivity contribution in [3.05, 3.63) is 74.7 Å². The number of nitrogens with zero attached hydrogens (tertiary/aromatic N) is 4. The molecule has 1 N–H and O–H groups in total. The molecule has 1 amide bonds. The molecule has 2 aromatic heterocycles. The van der Waals surface area contributed by atoms with Crippen molar-refractivity contribution in [3.8, 4) is 0 Å². The van der Waals surface area contributed by atoms with Gasteiger partial charge in [0.1, 0.15) is 11.3 Å². The smallest absolute Gasteiger partial charge is 0.295 e. The number of imidazole rings is 1. The molecule has 1 aliphatic rings. The molecule has 34 heavy (non-hydrogen) atoms. The molecule has 7 nitrogen and oxygen atoms in total. The largest absolute Gasteiger partial charge is 0.505 e. The van der Waals surface area contributed by atoms with Gasteiger partial charge in [-0.2, -0.15) is 0 Å². The lowest BCUT2D eigenvalue weighted by molar-refractivity contribution is -0.139. The lowest BCUT2D eigenvalue weighted by atomic mass is 9.96. The first-order chi connectivity index (χ1) is 16.1. The van der Waals surface area contributed by atoms with Crippen LogP contribution in [0.2, 0.25) is 10.0 Å². The van der Waals surface area contributed by atoms with Crippen LogP contribution in [0.1, 0.15) is 35.0 Å². The summed E-state index contributed by atoms with van der Waals surface area (Å²) in [5.74, 6) is -1.70. The Morgan fingerprint density at radius 1 is 1.15 bits per heavy atom. The number of carbonyl (C=O) groups is 2. The number of Topliss-reactive ketones (excluding diaryl/α,β-unsaturated/α-hetero) is 1. The minimum Gasteiger partial charge on any atom is -0.505 e. The summed E-state index contributed by atoms with van der Waals surface area (Å²) in [6, 6.07) is 7.98. The molecule has 1 fully saturated rings. The van der Waals surface area contributed by atoms with E-state index >= 15 is 0 Å². The number of likely N-dealkylation sites (tertiary alicyclic amines) is 1. The number of aliphatic hydroxyl groups is 1. The molecular weight excluding hydrogens is 475 g/mol. The molecule has 1 unspecified atom stereocenters. The minimum absolute atomic E-state index is 0.00241. The SMILES string of the molecule is Cc1cccn2c(C)c(/C(O)=C3\C(=O)C(=O)N(CCCN(C)C)C3c3ccc(Cl)c(Cl)c3)nc12. The molecule has 3 aromatic rings. The van der Waals surface area contributed by atoms with Gasteiger partial charge in [0.2, 0.25) is 0 Å². The fourth-order valence-electron chi connectivity index (χ4n) is 4.37. The highest BCUT2D eigenvalue weighted by atomic mass is 35.5. The van der Waals surface area contributed by atoms with E-state index in [0.717, 1.165) is 12.1 Å². The number of rotatable bonds is 6. The van der Waals surface area contributed by atoms with Gasteiger partial charge in [0.25, 0.3) is 11.7 Å². The molecule has 0 aliphatic carbocycles. The Morgan fingerprint density at radius 2 is 1.88 bits per heavy atom. The lowest BCUT2D eigenvalue weighted by Gasteiger charge is -2.26. The number of aromatic nitrogens is 2. The molecular formula is C25H26Cl2N4O3. The molecule has 4 rings (SSSR count). The Morgan fingerprint density at radius 3 is 2.53 bits per heavy atom. The Kier molecular flexibility index (Phi) is 6.71. The van der Waals surface area contributed by atoms with Crippen LogP contribution < -0.4 is 0 Å². The molecule has 0 bridgehead atoms. The standard InChI is InChI=1S/C25H26Cl2N4O3/c1-14-7-5-11-30-15(2)20(28-24(14)30)22(32)19-21(16-8-9-17(26)18(27)13-16)31(25(34)23(19)33)12-6-10-29(3)4/h5,7-9,11,13,21,32H,6,10,12H2,1-4H3/b22-19+. The molecule has 0 spiro atoms. The molecule has 9 heteroatoms. The third-order valence-corrected chi connectivity index (χ3v) is 6.85. The van der Waals surface area contributed by atoms with Crippen molar-refractivity contribution in [2.75, 3.05) is 27.2 Å². The van der Waals surface area contributed by atoms with E-state index in [2.05, 4.69) is 4.98 Å². The topological polar surface area (TPSA) is 78.2 Å². The summed E-state index contributed by atoms with van der Waals surface area (Å²) < 4.78 is 1.85. The number of hydrogen-bond donors (Lipinski definition) is 1. The number of pyridine rings is 1. The minimum atomic E-state index is -0.803. The van der Waals surface area contributed by atoms with Crippen LogP contribution >= 0.6 is 23.2 Å². The normalized spacial score (nSPS) is 18.0. The molecule has 3 heterocycles. The van der Waals surface area contributed by atoms with Gasteiger partial charge in [0.15, 0.2) is 5.76 Å². The quantitative estimate of drug-likeness (QED) is 0.303. The predicted octanol–water partition coefficient (Wildman–Crippen LogP) is 4.63. The van der Waals surface area contributed by atoms with Crippen LogP contribution in [0, 0.1) is 13.8 Å². The van der Waals surface area contributed by atoms with E-state index in [-0.39, 0.29) is 17.0 Å². The predicted molar refractivity (Wildman–Crippen MR) is 133 cm³/mol. The summed E-state index contributed by atoms with van der Waals surface area (Å²) in [5, 5.41) is 12.1. The Hall–Kier alpha value is -2.87. The highest BCUT2D eigenvalue weighted by molar-refractivity contribution is 6.46. The Labute approximate surface area is 208 Å². The van der Waals surface area contributed by atoms with E-state index in [4.69, 9.17) is 23.2 Å². The third kappa shape index (κ3) is 4.19. The second-order valence-corrected chi connectivity index (χ2v) is 9.57. The van der Waals surface area contributed by atoms with Gasteiger partial charge in [0.05, 0.1) is 27.4 Å². The Bertz CT molecular complexity index is 1330. The van der Waals surface area contributed by atoms with Crippen LogP contribution in [0.4, 0.5) is 0 Å². The van der Waals surface area contributed by atoms with E-state index < -0.39 is 17.7 Å². The van der Waals surface area contributed by atoms with Crippen molar-refractivity contribution >= 4 is 46.3 Å². The second-order valence-electron chi connectivity index (χ2n) is 8.75. The number of aliphatic hydroxyl groups excluding tert-OH is 1.